The highest BCUT2D eigenvalue weighted by molar-refractivity contribution is 5.67. The van der Waals surface area contributed by atoms with Gasteiger partial charge in [0.15, 0.2) is 0 Å². The van der Waals surface area contributed by atoms with Gasteiger partial charge in [0.1, 0.15) is 11.4 Å². The SMILES string of the molecule is CC(C)(C)OC(=O)NCCCNCc1ccccc1OCC1CC1. The Morgan fingerprint density at radius 1 is 1.21 bits per heavy atom. The molecule has 1 aliphatic carbocycles. The van der Waals surface area contributed by atoms with E-state index in [0.29, 0.717) is 6.54 Å². The maximum absolute atomic E-state index is 11.5. The minimum atomic E-state index is -0.452. The van der Waals surface area contributed by atoms with E-state index in [1.165, 1.54) is 18.4 Å². The number of alkyl carbamates (subject to hydrolysis) is 1. The monoisotopic (exact) mass is 334 g/mol. The number of carbonyl (C=O) groups excluding carboxylic acids is 1. The molecule has 0 saturated heterocycles. The Morgan fingerprint density at radius 3 is 2.67 bits per heavy atom. The van der Waals surface area contributed by atoms with Gasteiger partial charge in [-0.25, -0.2) is 4.79 Å². The summed E-state index contributed by atoms with van der Waals surface area (Å²) in [6.07, 6.45) is 3.09. The van der Waals surface area contributed by atoms with Crippen molar-refractivity contribution in [2.45, 2.75) is 52.2 Å². The Morgan fingerprint density at radius 2 is 1.96 bits per heavy atom. The van der Waals surface area contributed by atoms with E-state index in [2.05, 4.69) is 16.7 Å². The molecule has 0 bridgehead atoms. The number of hydrogen-bond donors (Lipinski definition) is 2. The van der Waals surface area contributed by atoms with Crippen molar-refractivity contribution in [1.29, 1.82) is 0 Å². The molecular weight excluding hydrogens is 304 g/mol. The van der Waals surface area contributed by atoms with Crippen molar-refractivity contribution >= 4 is 6.09 Å². The van der Waals surface area contributed by atoms with Crippen LogP contribution in [-0.2, 0) is 11.3 Å². The van der Waals surface area contributed by atoms with Crippen molar-refractivity contribution in [3.8, 4) is 5.75 Å². The molecule has 1 aliphatic rings. The minimum Gasteiger partial charge on any atom is -0.493 e. The lowest BCUT2D eigenvalue weighted by molar-refractivity contribution is 0.0527. The number of ether oxygens (including phenoxy) is 2. The van der Waals surface area contributed by atoms with Gasteiger partial charge in [-0.3, -0.25) is 0 Å². The van der Waals surface area contributed by atoms with Gasteiger partial charge in [0.05, 0.1) is 6.61 Å². The van der Waals surface area contributed by atoms with Crippen LogP contribution in [0.4, 0.5) is 4.79 Å². The fourth-order valence-electron chi connectivity index (χ4n) is 2.22. The molecule has 1 fully saturated rings. The quantitative estimate of drug-likeness (QED) is 0.679. The summed E-state index contributed by atoms with van der Waals surface area (Å²) in [5.41, 5.74) is 0.727. The minimum absolute atomic E-state index is 0.360. The zero-order chi connectivity index (χ0) is 17.4. The highest BCUT2D eigenvalue weighted by Crippen LogP contribution is 2.30. The van der Waals surface area contributed by atoms with E-state index in [9.17, 15) is 4.79 Å². The summed E-state index contributed by atoms with van der Waals surface area (Å²) < 4.78 is 11.1. The number of nitrogens with one attached hydrogen (secondary N) is 2. The third kappa shape index (κ3) is 7.68. The Bertz CT molecular complexity index is 522. The average Bonchev–Trinajstić information content (AvgIpc) is 3.32. The molecule has 1 saturated carbocycles. The van der Waals surface area contributed by atoms with Crippen LogP contribution in [0.15, 0.2) is 24.3 Å². The Hall–Kier alpha value is -1.75. The predicted molar refractivity (Wildman–Crippen MR) is 95.2 cm³/mol. The fraction of sp³-hybridized carbons (Fsp3) is 0.632. The number of rotatable bonds is 9. The van der Waals surface area contributed by atoms with Gasteiger partial charge in [0, 0.05) is 18.7 Å². The van der Waals surface area contributed by atoms with Crippen LogP contribution in [-0.4, -0.2) is 31.4 Å². The number of amides is 1. The van der Waals surface area contributed by atoms with E-state index in [1.807, 2.05) is 39.0 Å². The van der Waals surface area contributed by atoms with Crippen molar-refractivity contribution < 1.29 is 14.3 Å². The molecule has 24 heavy (non-hydrogen) atoms. The van der Waals surface area contributed by atoms with Crippen LogP contribution < -0.4 is 15.4 Å². The summed E-state index contributed by atoms with van der Waals surface area (Å²) in [4.78, 5) is 11.5. The van der Waals surface area contributed by atoms with E-state index >= 15 is 0 Å². The van der Waals surface area contributed by atoms with E-state index in [0.717, 1.165) is 37.8 Å². The zero-order valence-corrected chi connectivity index (χ0v) is 15.1. The molecule has 134 valence electrons. The zero-order valence-electron chi connectivity index (χ0n) is 15.1. The van der Waals surface area contributed by atoms with Gasteiger partial charge in [-0.1, -0.05) is 18.2 Å². The lowest BCUT2D eigenvalue weighted by atomic mass is 10.2. The highest BCUT2D eigenvalue weighted by atomic mass is 16.6. The topological polar surface area (TPSA) is 59.6 Å². The first-order valence-corrected chi connectivity index (χ1v) is 8.82. The molecule has 2 rings (SSSR count). The number of para-hydroxylation sites is 1. The predicted octanol–water partition coefficient (Wildman–Crippen LogP) is 3.48. The van der Waals surface area contributed by atoms with Crippen LogP contribution in [0.5, 0.6) is 5.75 Å². The van der Waals surface area contributed by atoms with Gasteiger partial charge < -0.3 is 20.1 Å². The molecule has 0 atom stereocenters. The van der Waals surface area contributed by atoms with Crippen LogP contribution in [0.3, 0.4) is 0 Å². The molecule has 1 aromatic rings. The Balaban J connectivity index is 1.59. The van der Waals surface area contributed by atoms with E-state index in [4.69, 9.17) is 9.47 Å². The summed E-state index contributed by atoms with van der Waals surface area (Å²) in [7, 11) is 0. The lowest BCUT2D eigenvalue weighted by Crippen LogP contribution is -2.33. The van der Waals surface area contributed by atoms with Crippen LogP contribution in [0.2, 0.25) is 0 Å². The smallest absolute Gasteiger partial charge is 0.407 e. The molecule has 5 nitrogen and oxygen atoms in total. The van der Waals surface area contributed by atoms with Gasteiger partial charge in [-0.15, -0.1) is 0 Å². The molecular formula is C19H30N2O3. The Kier molecular flexibility index (Phi) is 6.91. The first-order valence-electron chi connectivity index (χ1n) is 8.82. The van der Waals surface area contributed by atoms with Crippen molar-refractivity contribution in [1.82, 2.24) is 10.6 Å². The first kappa shape index (κ1) is 18.6. The Labute approximate surface area is 145 Å². The average molecular weight is 334 g/mol. The van der Waals surface area contributed by atoms with Crippen LogP contribution in [0.25, 0.3) is 0 Å². The summed E-state index contributed by atoms with van der Waals surface area (Å²) in [6.45, 7) is 8.60. The second kappa shape index (κ2) is 8.92. The third-order valence-corrected chi connectivity index (χ3v) is 3.66. The van der Waals surface area contributed by atoms with Gasteiger partial charge in [0.25, 0.3) is 0 Å². The van der Waals surface area contributed by atoms with Crippen molar-refractivity contribution in [3.63, 3.8) is 0 Å². The summed E-state index contributed by atoms with van der Waals surface area (Å²) in [6, 6.07) is 8.17. The van der Waals surface area contributed by atoms with Gasteiger partial charge in [0.2, 0.25) is 0 Å². The fourth-order valence-corrected chi connectivity index (χ4v) is 2.22. The first-order chi connectivity index (χ1) is 11.4. The van der Waals surface area contributed by atoms with E-state index in [-0.39, 0.29) is 6.09 Å². The standard InChI is InChI=1S/C19H30N2O3/c1-19(2,3)24-18(22)21-12-6-11-20-13-16-7-4-5-8-17(16)23-14-15-9-10-15/h4-5,7-8,15,20H,6,9-14H2,1-3H3,(H,21,22). The molecule has 0 aliphatic heterocycles. The molecule has 2 N–H and O–H groups in total. The molecule has 0 spiro atoms. The lowest BCUT2D eigenvalue weighted by Gasteiger charge is -2.19. The number of hydrogen-bond acceptors (Lipinski definition) is 4. The molecule has 5 heteroatoms. The third-order valence-electron chi connectivity index (χ3n) is 3.66. The second-order valence-electron chi connectivity index (χ2n) is 7.32. The normalized spacial score (nSPS) is 14.3. The van der Waals surface area contributed by atoms with Gasteiger partial charge in [-0.2, -0.15) is 0 Å². The van der Waals surface area contributed by atoms with E-state index in [1.54, 1.807) is 0 Å². The number of carbonyl (C=O) groups is 1. The molecule has 1 amide bonds. The van der Waals surface area contributed by atoms with E-state index < -0.39 is 5.60 Å². The molecule has 1 aromatic carbocycles. The highest BCUT2D eigenvalue weighted by Gasteiger charge is 2.22. The van der Waals surface area contributed by atoms with Crippen LogP contribution >= 0.6 is 0 Å². The van der Waals surface area contributed by atoms with Gasteiger partial charge >= 0.3 is 6.09 Å². The van der Waals surface area contributed by atoms with Crippen LogP contribution in [0.1, 0.15) is 45.6 Å². The summed E-state index contributed by atoms with van der Waals surface area (Å²) in [5, 5.41) is 6.16. The summed E-state index contributed by atoms with van der Waals surface area (Å²) in [5.74, 6) is 1.73. The molecule has 0 radical (unpaired) electrons. The largest absolute Gasteiger partial charge is 0.493 e. The van der Waals surface area contributed by atoms with Crippen molar-refractivity contribution in [2.75, 3.05) is 19.7 Å². The molecule has 0 heterocycles. The van der Waals surface area contributed by atoms with Gasteiger partial charge in [-0.05, 0) is 58.6 Å². The van der Waals surface area contributed by atoms with Crippen LogP contribution in [0, 0.1) is 5.92 Å². The second-order valence-corrected chi connectivity index (χ2v) is 7.32. The summed E-state index contributed by atoms with van der Waals surface area (Å²) >= 11 is 0. The maximum atomic E-state index is 11.5. The molecule has 0 aromatic heterocycles. The maximum Gasteiger partial charge on any atom is 0.407 e. The number of benzene rings is 1. The van der Waals surface area contributed by atoms with Crippen molar-refractivity contribution in [3.05, 3.63) is 29.8 Å². The van der Waals surface area contributed by atoms with Crippen molar-refractivity contribution in [2.24, 2.45) is 5.92 Å². The molecule has 0 unspecified atom stereocenters.